The fourth-order valence-corrected chi connectivity index (χ4v) is 17.3. The molecule has 0 atom stereocenters. The molecule has 0 amide bonds. The molecule has 1 aromatic heterocycles. The predicted octanol–water partition coefficient (Wildman–Crippen LogP) is 17.7. The minimum absolute atomic E-state index is 1.01. The van der Waals surface area contributed by atoms with Gasteiger partial charge in [0.05, 0.1) is 6.33 Å². The lowest BCUT2D eigenvalue weighted by molar-refractivity contribution is 0.160. The summed E-state index contributed by atoms with van der Waals surface area (Å²) in [6, 6.07) is 0. The first-order chi connectivity index (χ1) is 59.2. The van der Waals surface area contributed by atoms with Gasteiger partial charge in [0.15, 0.2) is 0 Å². The Hall–Kier alpha value is -1.47. The summed E-state index contributed by atoms with van der Waals surface area (Å²) in [5, 5.41) is 0. The standard InChI is InChI=1S/C8H18N2.4C8H17N.2C7H16N2.4C7H15N.C6H13N.C5H8N2.C5H11N.C4H9N/c1-3-10-6-4-5-9(2)7-8-10;4*1-2-9-7-5-3-4-6-8-9;2*1-3-9-6-4-8(2)5-7-9;4*1-2-8-6-4-3-5-7-8;1-2-7-5-3-4-6-7;1-2-7-4-3-6-5-7;1-2-6-4-3-5-6;1-2-5-3-4-5/h3-8H2,1-2H3;4*2-8H2,1H3;2*3-7H2,1-2H3;4*2-7H2,1H3;2-6H2,1H3;3-5H,2H2,1H3;2-5H2,1H3;2-4H2,1H3. The van der Waals surface area contributed by atoms with Crippen LogP contribution in [0.2, 0.25) is 0 Å². The number of imidazole rings is 1. The zero-order chi connectivity index (χ0) is 88.5. The number of likely N-dealkylation sites (tertiary alicyclic amines) is 10. The molecule has 19 nitrogen and oxygen atoms in total. The summed E-state index contributed by atoms with van der Waals surface area (Å²) in [6.07, 6.45) is 51.4. The van der Waals surface area contributed by atoms with E-state index in [0.29, 0.717) is 0 Å². The van der Waals surface area contributed by atoms with Crippen molar-refractivity contribution < 1.29 is 0 Å². The van der Waals surface area contributed by atoms with Gasteiger partial charge in [0.25, 0.3) is 0 Å². The monoisotopic (exact) mass is 1710 g/mol. The molecule has 14 fully saturated rings. The quantitative estimate of drug-likeness (QED) is 0.156. The number of likely N-dealkylation sites (N-methyl/N-ethyl adjacent to an activating group) is 7. The van der Waals surface area contributed by atoms with E-state index < -0.39 is 0 Å². The van der Waals surface area contributed by atoms with Crippen molar-refractivity contribution in [3.63, 3.8) is 0 Å². The Morgan fingerprint density at radius 2 is 0.281 bits per heavy atom. The molecule has 14 aliphatic rings. The van der Waals surface area contributed by atoms with Gasteiger partial charge in [-0.1, -0.05) is 174 Å². The predicted molar refractivity (Wildman–Crippen MR) is 538 cm³/mol. The number of rotatable bonds is 15. The molecule has 1 aromatic rings. The molecule has 722 valence electrons. The van der Waals surface area contributed by atoms with E-state index in [4.69, 9.17) is 0 Å². The van der Waals surface area contributed by atoms with Crippen LogP contribution in [0.4, 0.5) is 0 Å². The molecule has 0 aromatic carbocycles. The molecule has 0 aliphatic carbocycles. The summed E-state index contributed by atoms with van der Waals surface area (Å²) in [6.45, 7) is 96.4. The molecule has 15 rings (SSSR count). The third kappa shape index (κ3) is 71.0. The van der Waals surface area contributed by atoms with Crippen molar-refractivity contribution >= 4 is 0 Å². The summed E-state index contributed by atoms with van der Waals surface area (Å²) in [5.41, 5.74) is 0. The van der Waals surface area contributed by atoms with E-state index in [-0.39, 0.29) is 0 Å². The van der Waals surface area contributed by atoms with Crippen molar-refractivity contribution in [2.45, 2.75) is 316 Å². The van der Waals surface area contributed by atoms with E-state index in [9.17, 15) is 0 Å². The minimum Gasteiger partial charge on any atom is -0.338 e. The molecule has 14 aliphatic heterocycles. The third-order valence-electron chi connectivity index (χ3n) is 27.5. The Morgan fingerprint density at radius 1 is 0.149 bits per heavy atom. The molecule has 0 radical (unpaired) electrons. The second-order valence-electron chi connectivity index (χ2n) is 36.7. The van der Waals surface area contributed by atoms with Crippen LogP contribution in [0.3, 0.4) is 0 Å². The number of piperidine rings is 4. The summed E-state index contributed by atoms with van der Waals surface area (Å²) < 4.78 is 2.01. The number of hydrogen-bond acceptors (Lipinski definition) is 18. The first kappa shape index (κ1) is 118. The van der Waals surface area contributed by atoms with Crippen molar-refractivity contribution in [3.05, 3.63) is 18.7 Å². The fraction of sp³-hybridized carbons (Fsp3) is 0.971. The number of aryl methyl sites for hydroxylation is 1. The highest BCUT2D eigenvalue weighted by Gasteiger charge is 2.17. The molecule has 0 bridgehead atoms. The third-order valence-corrected chi connectivity index (χ3v) is 27.5. The molecule has 0 spiro atoms. The molecule has 0 unspecified atom stereocenters. The number of aromatic nitrogens is 2. The van der Waals surface area contributed by atoms with Crippen molar-refractivity contribution in [1.29, 1.82) is 0 Å². The van der Waals surface area contributed by atoms with E-state index in [2.05, 4.69) is 213 Å². The molecule has 19 heteroatoms. The van der Waals surface area contributed by atoms with Crippen molar-refractivity contribution in [3.8, 4) is 0 Å². The number of nitrogens with zero attached hydrogens (tertiary/aromatic N) is 19. The highest BCUT2D eigenvalue weighted by molar-refractivity contribution is 4.75. The van der Waals surface area contributed by atoms with Gasteiger partial charge >= 0.3 is 0 Å². The van der Waals surface area contributed by atoms with Crippen LogP contribution in [0.25, 0.3) is 0 Å². The lowest BCUT2D eigenvalue weighted by atomic mass is 10.1. The van der Waals surface area contributed by atoms with Gasteiger partial charge in [0.2, 0.25) is 0 Å². The Morgan fingerprint density at radius 3 is 0.421 bits per heavy atom. The van der Waals surface area contributed by atoms with Gasteiger partial charge in [-0.15, -0.1) is 0 Å². The van der Waals surface area contributed by atoms with Gasteiger partial charge in [-0.2, -0.15) is 0 Å². The Bertz CT molecular complexity index is 1920. The zero-order valence-corrected chi connectivity index (χ0v) is 85.5. The lowest BCUT2D eigenvalue weighted by Gasteiger charge is -2.31. The highest BCUT2D eigenvalue weighted by atomic mass is 15.3. The van der Waals surface area contributed by atoms with Gasteiger partial charge < -0.3 is 87.9 Å². The first-order valence-electron chi connectivity index (χ1n) is 53.3. The average Bonchev–Trinajstić information content (AvgIpc) is 1.10. The molecule has 14 saturated heterocycles. The van der Waals surface area contributed by atoms with Crippen LogP contribution in [-0.4, -0.2) is 428 Å². The fourth-order valence-electron chi connectivity index (χ4n) is 17.3. The Kier molecular flexibility index (Phi) is 84.1. The molecule has 0 saturated carbocycles. The highest BCUT2D eigenvalue weighted by Crippen LogP contribution is 2.15. The number of hydrogen-bond donors (Lipinski definition) is 0. The topological polar surface area (TPSA) is 72.7 Å². The van der Waals surface area contributed by atoms with Crippen LogP contribution >= 0.6 is 0 Å². The summed E-state index contributed by atoms with van der Waals surface area (Å²) in [5.74, 6) is 0. The van der Waals surface area contributed by atoms with Crippen molar-refractivity contribution in [2.24, 2.45) is 0 Å². The maximum atomic E-state index is 3.86. The lowest BCUT2D eigenvalue weighted by Crippen LogP contribution is -2.44. The summed E-state index contributed by atoms with van der Waals surface area (Å²) in [7, 11) is 6.58. The molecule has 15 heterocycles. The van der Waals surface area contributed by atoms with Gasteiger partial charge in [-0.05, 0) is 392 Å². The maximum absolute atomic E-state index is 3.86. The van der Waals surface area contributed by atoms with Crippen LogP contribution < -0.4 is 0 Å². The van der Waals surface area contributed by atoms with E-state index in [1.165, 1.54) is 520 Å². The van der Waals surface area contributed by atoms with E-state index >= 15 is 0 Å². The van der Waals surface area contributed by atoms with Crippen LogP contribution in [0.5, 0.6) is 0 Å². The normalized spacial score (nSPS) is 23.0. The second-order valence-corrected chi connectivity index (χ2v) is 36.7. The van der Waals surface area contributed by atoms with Gasteiger partial charge in [-0.25, -0.2) is 4.98 Å². The molecule has 0 N–H and O–H groups in total. The van der Waals surface area contributed by atoms with E-state index in [1.807, 2.05) is 10.8 Å². The largest absolute Gasteiger partial charge is 0.338 e. The van der Waals surface area contributed by atoms with Gasteiger partial charge in [0, 0.05) is 97.5 Å². The van der Waals surface area contributed by atoms with E-state index in [1.54, 1.807) is 12.5 Å². The Balaban J connectivity index is 0.000000649. The van der Waals surface area contributed by atoms with E-state index in [0.717, 1.165) is 6.54 Å². The minimum atomic E-state index is 1.01. The van der Waals surface area contributed by atoms with Crippen molar-refractivity contribution in [1.82, 2.24) is 92.8 Å². The van der Waals surface area contributed by atoms with Crippen LogP contribution in [0.1, 0.15) is 309 Å². The van der Waals surface area contributed by atoms with Gasteiger partial charge in [-0.3, -0.25) is 0 Å². The summed E-state index contributed by atoms with van der Waals surface area (Å²) >= 11 is 0. The van der Waals surface area contributed by atoms with Gasteiger partial charge in [0.1, 0.15) is 0 Å². The number of piperazine rings is 2. The molecule has 121 heavy (non-hydrogen) atoms. The second kappa shape index (κ2) is 86.6. The van der Waals surface area contributed by atoms with Crippen LogP contribution in [0.15, 0.2) is 18.7 Å². The maximum Gasteiger partial charge on any atom is 0.0945 e. The molecular weight excluding hydrogens is 1490 g/mol. The smallest absolute Gasteiger partial charge is 0.0945 e. The van der Waals surface area contributed by atoms with Crippen molar-refractivity contribution in [2.75, 3.05) is 335 Å². The zero-order valence-electron chi connectivity index (χ0n) is 85.5. The van der Waals surface area contributed by atoms with Crippen LogP contribution in [-0.2, 0) is 6.54 Å². The van der Waals surface area contributed by atoms with Crippen LogP contribution in [0, 0.1) is 0 Å². The average molecular weight is 1710 g/mol. The SMILES string of the molecule is CCN1CC1.CCN1CCC1.CCN1CCCC1.CCN1CCCCC1.CCN1CCCCC1.CCN1CCCCC1.CCN1CCCCC1.CCN1CCCCCC1.CCN1CCCCCC1.CCN1CCCCCC1.CCN1CCCCCC1.CCN1CCCN(C)CC1.CCN1CCN(C)CC1.CCN1CCN(C)CC1.CCn1ccnc1. The Labute approximate surface area is 758 Å². The first-order valence-corrected chi connectivity index (χ1v) is 53.3. The molecular formula is C102H219N19. The summed E-state index contributed by atoms with van der Waals surface area (Å²) in [4.78, 5) is 46.1.